The van der Waals surface area contributed by atoms with Gasteiger partial charge >= 0.3 is 5.97 Å². The average molecular weight is 280 g/mol. The van der Waals surface area contributed by atoms with Crippen molar-refractivity contribution in [2.75, 3.05) is 0 Å². The minimum Gasteiger partial charge on any atom is -0.478 e. The van der Waals surface area contributed by atoms with E-state index in [1.54, 1.807) is 13.0 Å². The van der Waals surface area contributed by atoms with Gasteiger partial charge in [-0.2, -0.15) is 0 Å². The number of carboxylic acids is 1. The molecular weight excluding hydrogens is 270 g/mol. The van der Waals surface area contributed by atoms with E-state index in [4.69, 9.17) is 5.11 Å². The molecule has 0 spiro atoms. The Bertz CT molecular complexity index is 641. The number of carboxylic acid groups (broad SMARTS) is 1. The van der Waals surface area contributed by atoms with Crippen molar-refractivity contribution in [1.82, 2.24) is 0 Å². The Morgan fingerprint density at radius 3 is 2.47 bits per heavy atom. The first-order valence-corrected chi connectivity index (χ1v) is 6.26. The van der Waals surface area contributed by atoms with Crippen LogP contribution in [-0.4, -0.2) is 11.1 Å². The maximum Gasteiger partial charge on any atom is 0.335 e. The van der Waals surface area contributed by atoms with E-state index in [0.29, 0.717) is 10.5 Å². The van der Waals surface area contributed by atoms with Gasteiger partial charge in [0, 0.05) is 4.90 Å². The summed E-state index contributed by atoms with van der Waals surface area (Å²) in [6, 6.07) is 7.77. The van der Waals surface area contributed by atoms with E-state index >= 15 is 0 Å². The van der Waals surface area contributed by atoms with E-state index in [0.717, 1.165) is 30.0 Å². The fourth-order valence-corrected chi connectivity index (χ4v) is 2.50. The molecule has 19 heavy (non-hydrogen) atoms. The number of rotatable bonds is 3. The summed E-state index contributed by atoms with van der Waals surface area (Å²) >= 11 is 1.07. The molecule has 0 bridgehead atoms. The summed E-state index contributed by atoms with van der Waals surface area (Å²) in [6.45, 7) is 1.73. The first kappa shape index (κ1) is 13.5. The molecule has 2 aromatic rings. The minimum absolute atomic E-state index is 0.168. The summed E-state index contributed by atoms with van der Waals surface area (Å²) in [5, 5.41) is 8.85. The number of benzene rings is 2. The van der Waals surface area contributed by atoms with E-state index in [1.165, 1.54) is 12.1 Å². The van der Waals surface area contributed by atoms with E-state index in [1.807, 2.05) is 0 Å². The molecule has 0 aromatic heterocycles. The molecule has 0 atom stereocenters. The third-order valence-electron chi connectivity index (χ3n) is 2.54. The van der Waals surface area contributed by atoms with E-state index in [9.17, 15) is 13.6 Å². The maximum absolute atomic E-state index is 13.5. The zero-order valence-electron chi connectivity index (χ0n) is 9.98. The van der Waals surface area contributed by atoms with E-state index in [-0.39, 0.29) is 10.5 Å². The lowest BCUT2D eigenvalue weighted by atomic mass is 10.1. The Labute approximate surface area is 113 Å². The third-order valence-corrected chi connectivity index (χ3v) is 3.75. The van der Waals surface area contributed by atoms with Gasteiger partial charge in [0.1, 0.15) is 11.6 Å². The zero-order chi connectivity index (χ0) is 14.0. The van der Waals surface area contributed by atoms with Crippen LogP contribution in [0.4, 0.5) is 8.78 Å². The van der Waals surface area contributed by atoms with Gasteiger partial charge in [0.25, 0.3) is 0 Å². The molecule has 0 fully saturated rings. The maximum atomic E-state index is 13.5. The molecule has 5 heteroatoms. The summed E-state index contributed by atoms with van der Waals surface area (Å²) in [6.07, 6.45) is 0. The zero-order valence-corrected chi connectivity index (χ0v) is 10.8. The summed E-state index contributed by atoms with van der Waals surface area (Å²) in [7, 11) is 0. The topological polar surface area (TPSA) is 37.3 Å². The molecule has 0 aliphatic rings. The lowest BCUT2D eigenvalue weighted by molar-refractivity contribution is 0.0696. The molecule has 0 heterocycles. The Hall–Kier alpha value is -1.88. The fourth-order valence-electron chi connectivity index (χ4n) is 1.57. The van der Waals surface area contributed by atoms with Crippen LogP contribution in [0.3, 0.4) is 0 Å². The molecule has 0 amide bonds. The highest BCUT2D eigenvalue weighted by molar-refractivity contribution is 7.99. The van der Waals surface area contributed by atoms with Crippen molar-refractivity contribution in [1.29, 1.82) is 0 Å². The van der Waals surface area contributed by atoms with Crippen LogP contribution < -0.4 is 0 Å². The number of aryl methyl sites for hydroxylation is 1. The van der Waals surface area contributed by atoms with Gasteiger partial charge in [-0.3, -0.25) is 0 Å². The third kappa shape index (κ3) is 3.12. The van der Waals surface area contributed by atoms with Crippen molar-refractivity contribution in [3.8, 4) is 0 Å². The Morgan fingerprint density at radius 2 is 1.84 bits per heavy atom. The van der Waals surface area contributed by atoms with Crippen molar-refractivity contribution in [2.24, 2.45) is 0 Å². The molecule has 2 nitrogen and oxygen atoms in total. The van der Waals surface area contributed by atoms with E-state index in [2.05, 4.69) is 0 Å². The van der Waals surface area contributed by atoms with Crippen LogP contribution in [0.1, 0.15) is 15.9 Å². The highest BCUT2D eigenvalue weighted by atomic mass is 32.2. The molecule has 2 aromatic carbocycles. The molecule has 0 saturated carbocycles. The molecule has 0 aliphatic heterocycles. The Morgan fingerprint density at radius 1 is 1.11 bits per heavy atom. The van der Waals surface area contributed by atoms with Crippen molar-refractivity contribution in [2.45, 2.75) is 16.7 Å². The van der Waals surface area contributed by atoms with Crippen LogP contribution in [-0.2, 0) is 0 Å². The number of halogens is 2. The normalized spacial score (nSPS) is 10.5. The second kappa shape index (κ2) is 5.40. The monoisotopic (exact) mass is 280 g/mol. The first-order valence-electron chi connectivity index (χ1n) is 5.44. The molecule has 0 aliphatic carbocycles. The molecule has 2 rings (SSSR count). The van der Waals surface area contributed by atoms with Gasteiger partial charge in [0.05, 0.1) is 10.5 Å². The summed E-state index contributed by atoms with van der Waals surface area (Å²) in [5.74, 6) is -2.03. The van der Waals surface area contributed by atoms with Crippen molar-refractivity contribution >= 4 is 17.7 Å². The van der Waals surface area contributed by atoms with Crippen LogP contribution in [0.15, 0.2) is 46.2 Å². The number of carbonyl (C=O) groups is 1. The highest BCUT2D eigenvalue weighted by Crippen LogP contribution is 2.32. The second-order valence-electron chi connectivity index (χ2n) is 3.96. The predicted octanol–water partition coefficient (Wildman–Crippen LogP) is 4.12. The minimum atomic E-state index is -1.02. The standard InChI is InChI=1S/C14H10F2O2S/c1-8-6-9(14(17)18)2-5-12(8)19-13-7-10(15)3-4-11(13)16/h2-7H,1H3,(H,17,18). The highest BCUT2D eigenvalue weighted by Gasteiger charge is 2.10. The molecular formula is C14H10F2O2S. The first-order chi connectivity index (χ1) is 8.97. The van der Waals surface area contributed by atoms with Crippen LogP contribution in [0.5, 0.6) is 0 Å². The van der Waals surface area contributed by atoms with Crippen LogP contribution >= 0.6 is 11.8 Å². The van der Waals surface area contributed by atoms with Gasteiger partial charge in [-0.1, -0.05) is 11.8 Å². The van der Waals surface area contributed by atoms with Gasteiger partial charge < -0.3 is 5.11 Å². The number of hydrogen-bond acceptors (Lipinski definition) is 2. The smallest absolute Gasteiger partial charge is 0.335 e. The molecule has 0 radical (unpaired) electrons. The van der Waals surface area contributed by atoms with Gasteiger partial charge in [-0.05, 0) is 48.9 Å². The lowest BCUT2D eigenvalue weighted by Gasteiger charge is -2.07. The predicted molar refractivity (Wildman–Crippen MR) is 68.6 cm³/mol. The lowest BCUT2D eigenvalue weighted by Crippen LogP contribution is -1.96. The van der Waals surface area contributed by atoms with Gasteiger partial charge in [0.15, 0.2) is 0 Å². The fraction of sp³-hybridized carbons (Fsp3) is 0.0714. The van der Waals surface area contributed by atoms with Crippen LogP contribution in [0.2, 0.25) is 0 Å². The second-order valence-corrected chi connectivity index (χ2v) is 5.05. The summed E-state index contributed by atoms with van der Waals surface area (Å²) in [4.78, 5) is 11.7. The number of hydrogen-bond donors (Lipinski definition) is 1. The average Bonchev–Trinajstić information content (AvgIpc) is 2.36. The van der Waals surface area contributed by atoms with Crippen molar-refractivity contribution in [3.05, 3.63) is 59.2 Å². The summed E-state index contributed by atoms with van der Waals surface area (Å²) in [5.41, 5.74) is 0.870. The molecule has 0 saturated heterocycles. The van der Waals surface area contributed by atoms with E-state index < -0.39 is 17.6 Å². The molecule has 1 N–H and O–H groups in total. The van der Waals surface area contributed by atoms with Crippen molar-refractivity contribution in [3.63, 3.8) is 0 Å². The largest absolute Gasteiger partial charge is 0.478 e. The van der Waals surface area contributed by atoms with Gasteiger partial charge in [0.2, 0.25) is 0 Å². The molecule has 98 valence electrons. The van der Waals surface area contributed by atoms with Gasteiger partial charge in [-0.25, -0.2) is 13.6 Å². The Balaban J connectivity index is 2.33. The quantitative estimate of drug-likeness (QED) is 0.918. The van der Waals surface area contributed by atoms with Crippen LogP contribution in [0.25, 0.3) is 0 Å². The molecule has 0 unspecified atom stereocenters. The SMILES string of the molecule is Cc1cc(C(=O)O)ccc1Sc1cc(F)ccc1F. The Kier molecular flexibility index (Phi) is 3.85. The van der Waals surface area contributed by atoms with Crippen LogP contribution in [0, 0.1) is 18.6 Å². The van der Waals surface area contributed by atoms with Gasteiger partial charge in [-0.15, -0.1) is 0 Å². The number of aromatic carboxylic acids is 1. The summed E-state index contributed by atoms with van der Waals surface area (Å²) < 4.78 is 26.6. The van der Waals surface area contributed by atoms with Crippen molar-refractivity contribution < 1.29 is 18.7 Å².